The molecule has 9 nitrogen and oxygen atoms in total. The quantitative estimate of drug-likeness (QED) is 0.202. The lowest BCUT2D eigenvalue weighted by molar-refractivity contribution is -0.135. The maximum atomic E-state index is 12.8. The second-order valence-electron chi connectivity index (χ2n) is 47.3. The number of nitrogens with zero attached hydrogens (tertiary/aromatic N) is 2. The van der Waals surface area contributed by atoms with Crippen LogP contribution in [0.4, 0.5) is 13.2 Å². The highest BCUT2D eigenvalue weighted by molar-refractivity contribution is 7.87. The summed E-state index contributed by atoms with van der Waals surface area (Å²) in [7, 11) is -5.60. The Bertz CT molecular complexity index is 3790. The maximum Gasteiger partial charge on any atom is 0.534 e. The largest absolute Gasteiger partial charge is 0.534 e. The van der Waals surface area contributed by atoms with Gasteiger partial charge in [-0.15, -0.1) is 0 Å². The zero-order chi connectivity index (χ0) is 80.3. The van der Waals surface area contributed by atoms with E-state index >= 15 is 0 Å². The summed E-state index contributed by atoms with van der Waals surface area (Å²) >= 11 is 0. The van der Waals surface area contributed by atoms with Crippen molar-refractivity contribution in [3.8, 4) is 12.1 Å². The topological polar surface area (TPSA) is 166 Å². The molecule has 0 spiro atoms. The van der Waals surface area contributed by atoms with Crippen LogP contribution in [0.15, 0.2) is 35.1 Å². The molecule has 0 aromatic heterocycles. The summed E-state index contributed by atoms with van der Waals surface area (Å²) in [5.41, 5.74) is -1.32. The van der Waals surface area contributed by atoms with E-state index in [1.165, 1.54) is 186 Å². The summed E-state index contributed by atoms with van der Waals surface area (Å²) in [6.07, 6.45) is 57.3. The number of nitriles is 2. The first kappa shape index (κ1) is 83.6. The number of alkyl halides is 3. The molecule has 0 amide bonds. The predicted octanol–water partition coefficient (Wildman–Crippen LogP) is 25.0. The molecule has 0 heterocycles. The van der Waals surface area contributed by atoms with Gasteiger partial charge in [0.1, 0.15) is 17.3 Å². The molecule has 17 fully saturated rings. The van der Waals surface area contributed by atoms with Crippen LogP contribution in [0.2, 0.25) is 0 Å². The molecule has 0 aliphatic heterocycles. The zero-order valence-corrected chi connectivity index (χ0v) is 73.1. The van der Waals surface area contributed by atoms with E-state index in [-0.39, 0.29) is 45.5 Å². The Kier molecular flexibility index (Phi) is 22.6. The van der Waals surface area contributed by atoms with Crippen molar-refractivity contribution in [1.29, 1.82) is 10.5 Å². The molecule has 20 rings (SSSR count). The second kappa shape index (κ2) is 30.6. The third-order valence-corrected chi connectivity index (χ3v) is 42.1. The van der Waals surface area contributed by atoms with E-state index in [4.69, 9.17) is 0 Å². The molecule has 10 unspecified atom stereocenters. The van der Waals surface area contributed by atoms with Gasteiger partial charge in [-0.1, -0.05) is 114 Å². The molecule has 2 N–H and O–H groups in total. The number of Topliss-reactive ketones (excluding diaryl/α,β-unsaturated/α-hetero) is 2. The van der Waals surface area contributed by atoms with Crippen LogP contribution in [0.1, 0.15) is 353 Å². The van der Waals surface area contributed by atoms with Crippen molar-refractivity contribution in [2.45, 2.75) is 370 Å². The molecule has 0 aromatic rings. The van der Waals surface area contributed by atoms with Crippen molar-refractivity contribution in [1.82, 2.24) is 0 Å². The molecule has 17 saturated carbocycles. The lowest BCUT2D eigenvalue weighted by Crippen LogP contribution is -2.50. The number of hydrogen-bond donors (Lipinski definition) is 2. The molecule has 113 heavy (non-hydrogen) atoms. The van der Waals surface area contributed by atoms with Crippen LogP contribution in [0.25, 0.3) is 0 Å². The minimum Gasteiger partial charge on any atom is -0.393 e. The minimum absolute atomic E-state index is 0.0170. The monoisotopic (exact) mass is 1580 g/mol. The fraction of sp³-hybridized carbons (Fsp3) is 0.900. The molecular weight excluding hydrogens is 1430 g/mol. The smallest absolute Gasteiger partial charge is 0.393 e. The summed E-state index contributed by atoms with van der Waals surface area (Å²) in [4.78, 5) is 24.8. The van der Waals surface area contributed by atoms with Crippen LogP contribution in [-0.2, 0) is 23.9 Å². The van der Waals surface area contributed by atoms with Gasteiger partial charge in [0.2, 0.25) is 0 Å². The Hall–Kier alpha value is -3.00. The van der Waals surface area contributed by atoms with Crippen molar-refractivity contribution in [3.05, 3.63) is 35.1 Å². The van der Waals surface area contributed by atoms with Crippen LogP contribution in [0.5, 0.6) is 0 Å². The molecule has 0 saturated heterocycles. The van der Waals surface area contributed by atoms with E-state index in [9.17, 15) is 51.9 Å². The first-order valence-electron chi connectivity index (χ1n) is 47.6. The van der Waals surface area contributed by atoms with Crippen molar-refractivity contribution in [3.63, 3.8) is 0 Å². The van der Waals surface area contributed by atoms with E-state index in [0.29, 0.717) is 69.7 Å². The lowest BCUT2D eigenvalue weighted by atomic mass is 9.47. The highest BCUT2D eigenvalue weighted by Gasteiger charge is 2.64. The van der Waals surface area contributed by atoms with E-state index in [2.05, 4.69) is 105 Å². The van der Waals surface area contributed by atoms with E-state index in [0.717, 1.165) is 194 Å². The van der Waals surface area contributed by atoms with Crippen molar-refractivity contribution in [2.75, 3.05) is 0 Å². The van der Waals surface area contributed by atoms with Gasteiger partial charge in [-0.2, -0.15) is 32.1 Å². The van der Waals surface area contributed by atoms with Gasteiger partial charge in [-0.25, -0.2) is 0 Å². The van der Waals surface area contributed by atoms with Gasteiger partial charge in [0.15, 0.2) is 0 Å². The van der Waals surface area contributed by atoms with Crippen LogP contribution in [-0.4, -0.2) is 47.9 Å². The molecule has 35 atom stereocenters. The Morgan fingerprint density at radius 2 is 0.735 bits per heavy atom. The molecule has 0 aromatic carbocycles. The summed E-state index contributed by atoms with van der Waals surface area (Å²) in [5.74, 6) is 19.9. The Balaban J connectivity index is 0.000000107. The number of aliphatic hydroxyl groups excluding tert-OH is 2. The number of hydrogen-bond acceptors (Lipinski definition) is 9. The van der Waals surface area contributed by atoms with Gasteiger partial charge in [0, 0.05) is 51.1 Å². The molecule has 630 valence electrons. The van der Waals surface area contributed by atoms with Crippen molar-refractivity contribution < 1.29 is 45.6 Å². The number of halogens is 3. The summed E-state index contributed by atoms with van der Waals surface area (Å²) in [6, 6.07) is 5.02. The van der Waals surface area contributed by atoms with E-state index in [1.807, 2.05) is 6.92 Å². The summed E-state index contributed by atoms with van der Waals surface area (Å²) in [6.45, 7) is 28.6. The standard InChI is InChI=1S/C21H31F3O3S.C21H31N.C20H32O.C19H27NO.C19H30O2/c1-13-4-5-15-10-16-14(12-19(15,2)11-13)8-9-20(3)17(16)6-7-18(20)27-28(25,26)21(22,23)24;1-14-4-5-16-10-18-15(12-20(16,2)11-14)8-9-21(3)17(13-22)6-7-19(18)21;1-13-4-5-15-10-16-14(12-19(15,2)11-13)8-9-20(3)17(16)6-7-18(20)21;1-19-7-6-13-8-14-9-16(21)4-2-12(14)10-17(13)18(19)5-3-15(19)11-20;1-18-10-12-7-8-19(2)16(5-6-17(19)21)15(12)9-13(18)3-4-14(20)11-18/h7,13-17H,4-6,8-12H2,1-3H3;6,14-16,18-19H,4-5,7-12H2,1-3H3;13-17H,4-12H2,1-3H3;3,12-14,16-18,21H,2,4-10H2,1H3;12-16,20H,3-11H2,1-2H3/t13?,14-,15+,16-,17+,19?,20+;14?,15-,16+,18-,19+,20?,21-;13?,14-,15+,16-,17+,19?,20+;12-,13+,14?,16?,17+,18-,19+;12-,13+,14?,15-,16+,18?,19+/m00010/s1. The fourth-order valence-corrected chi connectivity index (χ4v) is 35.6. The number of rotatable bonds is 2. The van der Waals surface area contributed by atoms with Gasteiger partial charge in [-0.05, 0) is 407 Å². The van der Waals surface area contributed by atoms with Crippen LogP contribution >= 0.6 is 0 Å². The average molecular weight is 1580 g/mol. The van der Waals surface area contributed by atoms with Crippen molar-refractivity contribution >= 4 is 21.7 Å². The van der Waals surface area contributed by atoms with Gasteiger partial charge in [-0.3, -0.25) is 9.59 Å². The summed E-state index contributed by atoms with van der Waals surface area (Å²) in [5, 5.41) is 39.0. The molecule has 20 aliphatic carbocycles. The van der Waals surface area contributed by atoms with Gasteiger partial charge in [0.25, 0.3) is 0 Å². The molecule has 13 heteroatoms. The molecular formula is C100H151F3N2O7S. The SMILES string of the molecule is CC12CC(O)CC[C@@H]1C[C@H]1[C@@H](CC[C@@]3(C)C(=O)CC[C@H]13)C2.CC1CC[C@@H]2C[C@H]3[C@@H](CC[C@@]4(C)C(=O)CC[C@H]34)CC2(C)C1.CC1CC[C@@H]2C[C@H]3[C@@H](CC[C@@]4(C)C(C#N)=CC[C@H]34)CC2(C)C1.CC1CC[C@@H]2C[C@H]3[C@@H](CC[C@@]4(C)C(OS(=O)(=O)C(F)(F)F)=CC[C@H]34)CC2(C)C1.C[C@@]12CC[C@H]3CC4CC(O)CC[C@@H]4C[C@@H]3[C@H]1CC=C2C#N. The van der Waals surface area contributed by atoms with Crippen LogP contribution in [0, 0.1) is 213 Å². The lowest BCUT2D eigenvalue weighted by Gasteiger charge is -2.58. The Morgan fingerprint density at radius 1 is 0.381 bits per heavy atom. The summed E-state index contributed by atoms with van der Waals surface area (Å²) < 4.78 is 66.3. The second-order valence-corrected chi connectivity index (χ2v) is 48.8. The molecule has 0 radical (unpaired) electrons. The van der Waals surface area contributed by atoms with E-state index in [1.54, 1.807) is 6.08 Å². The third kappa shape index (κ3) is 14.7. The Labute approximate surface area is 682 Å². The number of carbonyl (C=O) groups is 2. The highest BCUT2D eigenvalue weighted by Crippen LogP contribution is 2.71. The van der Waals surface area contributed by atoms with Crippen LogP contribution < -0.4 is 0 Å². The van der Waals surface area contributed by atoms with Gasteiger partial charge >= 0.3 is 15.6 Å². The Morgan fingerprint density at radius 3 is 1.16 bits per heavy atom. The average Bonchev–Trinajstić information content (AvgIpc) is 1.67. The molecule has 20 aliphatic rings. The zero-order valence-electron chi connectivity index (χ0n) is 72.3. The first-order valence-corrected chi connectivity index (χ1v) is 49.0. The highest BCUT2D eigenvalue weighted by atomic mass is 32.2. The number of allylic oxidation sites excluding steroid dienone is 6. The van der Waals surface area contributed by atoms with Crippen LogP contribution in [0.3, 0.4) is 0 Å². The third-order valence-electron chi connectivity index (χ3n) is 41.1. The van der Waals surface area contributed by atoms with E-state index < -0.39 is 21.0 Å². The normalized spacial score (nSPS) is 52.6. The number of aliphatic hydroxyl groups is 2. The fourth-order valence-electron chi connectivity index (χ4n) is 35.0. The van der Waals surface area contributed by atoms with Crippen molar-refractivity contribution in [2.24, 2.45) is 191 Å². The number of fused-ring (bicyclic) bond motifs is 20. The number of ketones is 2. The predicted molar refractivity (Wildman–Crippen MR) is 441 cm³/mol. The number of carbonyl (C=O) groups excluding carboxylic acids is 2. The molecule has 0 bridgehead atoms. The van der Waals surface area contributed by atoms with Gasteiger partial charge < -0.3 is 14.4 Å². The van der Waals surface area contributed by atoms with Gasteiger partial charge in [0.05, 0.1) is 24.3 Å². The minimum atomic E-state index is -5.60. The maximum absolute atomic E-state index is 12.8. The first-order chi connectivity index (χ1) is 53.3.